The quantitative estimate of drug-likeness (QED) is 0.833. The van der Waals surface area contributed by atoms with Gasteiger partial charge in [0.15, 0.2) is 0 Å². The molecule has 1 aliphatic rings. The van der Waals surface area contributed by atoms with Crippen LogP contribution in [0.5, 0.6) is 5.75 Å². The molecule has 0 saturated carbocycles. The largest absolute Gasteiger partial charge is 0.495 e. The number of carbonyl (C=O) groups is 2. The summed E-state index contributed by atoms with van der Waals surface area (Å²) >= 11 is 0. The zero-order chi connectivity index (χ0) is 14.5. The minimum absolute atomic E-state index is 0. The molecule has 2 amide bonds. The van der Waals surface area contributed by atoms with Crippen LogP contribution < -0.4 is 20.3 Å². The molecule has 1 unspecified atom stereocenters. The molecule has 7 heteroatoms. The number of rotatable bonds is 5. The molecule has 1 aliphatic heterocycles. The van der Waals surface area contributed by atoms with E-state index in [0.29, 0.717) is 18.7 Å². The molecule has 0 aliphatic carbocycles. The molecule has 116 valence electrons. The number of halogens is 1. The Morgan fingerprint density at radius 3 is 2.81 bits per heavy atom. The summed E-state index contributed by atoms with van der Waals surface area (Å²) in [7, 11) is 3.27. The van der Waals surface area contributed by atoms with Gasteiger partial charge in [0.1, 0.15) is 11.8 Å². The van der Waals surface area contributed by atoms with Gasteiger partial charge in [-0.3, -0.25) is 9.59 Å². The molecule has 1 aromatic carbocycles. The average molecular weight is 314 g/mol. The third-order valence-electron chi connectivity index (χ3n) is 3.25. The van der Waals surface area contributed by atoms with Gasteiger partial charge in [0.25, 0.3) is 0 Å². The van der Waals surface area contributed by atoms with Crippen LogP contribution in [0.15, 0.2) is 24.3 Å². The predicted octanol–water partition coefficient (Wildman–Crippen LogP) is 0.558. The van der Waals surface area contributed by atoms with Crippen molar-refractivity contribution in [3.05, 3.63) is 24.3 Å². The highest BCUT2D eigenvalue weighted by Gasteiger charge is 2.34. The van der Waals surface area contributed by atoms with Crippen molar-refractivity contribution < 1.29 is 14.3 Å². The van der Waals surface area contributed by atoms with Gasteiger partial charge in [-0.2, -0.15) is 0 Å². The fraction of sp³-hybridized carbons (Fsp3) is 0.429. The highest BCUT2D eigenvalue weighted by Crippen LogP contribution is 2.30. The SMILES string of the molecule is CNCC(=O)NC1CCN(c2ccccc2OC)C1=O.Cl. The lowest BCUT2D eigenvalue weighted by Gasteiger charge is -2.19. The van der Waals surface area contributed by atoms with Crippen molar-refractivity contribution in [3.8, 4) is 5.75 Å². The van der Waals surface area contributed by atoms with Crippen LogP contribution in [-0.4, -0.2) is 45.1 Å². The lowest BCUT2D eigenvalue weighted by molar-refractivity contribution is -0.125. The first-order valence-corrected chi connectivity index (χ1v) is 6.55. The Morgan fingerprint density at radius 2 is 2.14 bits per heavy atom. The summed E-state index contributed by atoms with van der Waals surface area (Å²) in [6.45, 7) is 0.780. The molecule has 1 atom stereocenters. The molecule has 1 fully saturated rings. The normalized spacial score (nSPS) is 17.3. The van der Waals surface area contributed by atoms with Crippen molar-refractivity contribution in [1.82, 2.24) is 10.6 Å². The van der Waals surface area contributed by atoms with Crippen molar-refractivity contribution in [2.75, 3.05) is 32.1 Å². The predicted molar refractivity (Wildman–Crippen MR) is 83.1 cm³/mol. The second-order valence-corrected chi connectivity index (χ2v) is 4.60. The number of carbonyl (C=O) groups excluding carboxylic acids is 2. The topological polar surface area (TPSA) is 70.7 Å². The first-order valence-electron chi connectivity index (χ1n) is 6.55. The summed E-state index contributed by atoms with van der Waals surface area (Å²) in [5.41, 5.74) is 0.741. The average Bonchev–Trinajstić information content (AvgIpc) is 2.80. The number of hydrogen-bond acceptors (Lipinski definition) is 4. The van der Waals surface area contributed by atoms with Crippen LogP contribution >= 0.6 is 12.4 Å². The summed E-state index contributed by atoms with van der Waals surface area (Å²) < 4.78 is 5.27. The molecule has 1 heterocycles. The first kappa shape index (κ1) is 17.3. The Morgan fingerprint density at radius 1 is 1.43 bits per heavy atom. The maximum atomic E-state index is 12.3. The van der Waals surface area contributed by atoms with Gasteiger partial charge in [-0.05, 0) is 25.6 Å². The number of nitrogens with one attached hydrogen (secondary N) is 2. The van der Waals surface area contributed by atoms with E-state index < -0.39 is 6.04 Å². The Hall–Kier alpha value is -1.79. The molecule has 2 rings (SSSR count). The fourth-order valence-corrected chi connectivity index (χ4v) is 2.31. The van der Waals surface area contributed by atoms with E-state index in [4.69, 9.17) is 4.74 Å². The molecular weight excluding hydrogens is 294 g/mol. The number of hydrogen-bond donors (Lipinski definition) is 2. The van der Waals surface area contributed by atoms with E-state index in [9.17, 15) is 9.59 Å². The zero-order valence-electron chi connectivity index (χ0n) is 12.1. The van der Waals surface area contributed by atoms with Gasteiger partial charge >= 0.3 is 0 Å². The van der Waals surface area contributed by atoms with Gasteiger partial charge in [0.05, 0.1) is 19.3 Å². The van der Waals surface area contributed by atoms with Crippen molar-refractivity contribution >= 4 is 29.9 Å². The number of nitrogens with zero attached hydrogens (tertiary/aromatic N) is 1. The molecule has 0 aromatic heterocycles. The van der Waals surface area contributed by atoms with E-state index in [2.05, 4.69) is 10.6 Å². The lowest BCUT2D eigenvalue weighted by Crippen LogP contribution is -2.44. The first-order chi connectivity index (χ1) is 9.67. The van der Waals surface area contributed by atoms with E-state index in [-0.39, 0.29) is 30.8 Å². The smallest absolute Gasteiger partial charge is 0.249 e. The summed E-state index contributed by atoms with van der Waals surface area (Å²) in [5, 5.41) is 5.49. The number of amides is 2. The molecule has 21 heavy (non-hydrogen) atoms. The second-order valence-electron chi connectivity index (χ2n) is 4.60. The van der Waals surface area contributed by atoms with E-state index >= 15 is 0 Å². The van der Waals surface area contributed by atoms with Crippen molar-refractivity contribution in [2.45, 2.75) is 12.5 Å². The summed E-state index contributed by atoms with van der Waals surface area (Å²) in [5.74, 6) is 0.384. The van der Waals surface area contributed by atoms with Crippen molar-refractivity contribution in [2.24, 2.45) is 0 Å². The molecule has 6 nitrogen and oxygen atoms in total. The van der Waals surface area contributed by atoms with Gasteiger partial charge in [-0.15, -0.1) is 12.4 Å². The molecule has 0 radical (unpaired) electrons. The van der Waals surface area contributed by atoms with E-state index in [1.165, 1.54) is 0 Å². The van der Waals surface area contributed by atoms with Crippen LogP contribution in [0.25, 0.3) is 0 Å². The number of anilines is 1. The van der Waals surface area contributed by atoms with Crippen molar-refractivity contribution in [1.29, 1.82) is 0 Å². The molecule has 2 N–H and O–H groups in total. The third-order valence-corrected chi connectivity index (χ3v) is 3.25. The number of likely N-dealkylation sites (N-methyl/N-ethyl adjacent to an activating group) is 1. The number of methoxy groups -OCH3 is 1. The Balaban J connectivity index is 0.00000220. The summed E-state index contributed by atoms with van der Waals surface area (Å²) in [6, 6.07) is 6.91. The minimum atomic E-state index is -0.458. The monoisotopic (exact) mass is 313 g/mol. The standard InChI is InChI=1S/C14H19N3O3.ClH/c1-15-9-13(18)16-10-7-8-17(14(10)19)11-5-3-4-6-12(11)20-2;/h3-6,10,15H,7-9H2,1-2H3,(H,16,18);1H. The van der Waals surface area contributed by atoms with Gasteiger partial charge in [0.2, 0.25) is 11.8 Å². The third kappa shape index (κ3) is 3.86. The molecule has 1 aromatic rings. The second kappa shape index (κ2) is 7.85. The number of benzene rings is 1. The van der Waals surface area contributed by atoms with Crippen LogP contribution in [0.1, 0.15) is 6.42 Å². The minimum Gasteiger partial charge on any atom is -0.495 e. The van der Waals surface area contributed by atoms with E-state index in [0.717, 1.165) is 5.69 Å². The Bertz CT molecular complexity index is 510. The lowest BCUT2D eigenvalue weighted by atomic mass is 10.2. The van der Waals surface area contributed by atoms with Gasteiger partial charge in [0, 0.05) is 6.54 Å². The highest BCUT2D eigenvalue weighted by molar-refractivity contribution is 6.02. The Labute approximate surface area is 130 Å². The van der Waals surface area contributed by atoms with Crippen molar-refractivity contribution in [3.63, 3.8) is 0 Å². The fourth-order valence-electron chi connectivity index (χ4n) is 2.31. The maximum Gasteiger partial charge on any atom is 0.249 e. The highest BCUT2D eigenvalue weighted by atomic mass is 35.5. The summed E-state index contributed by atoms with van der Waals surface area (Å²) in [6.07, 6.45) is 0.604. The van der Waals surface area contributed by atoms with Crippen LogP contribution in [0.4, 0.5) is 5.69 Å². The zero-order valence-corrected chi connectivity index (χ0v) is 12.9. The molecule has 1 saturated heterocycles. The van der Waals surface area contributed by atoms with Crippen LogP contribution in [0.3, 0.4) is 0 Å². The summed E-state index contributed by atoms with van der Waals surface area (Å²) in [4.78, 5) is 25.5. The molecule has 0 bridgehead atoms. The number of ether oxygens (including phenoxy) is 1. The van der Waals surface area contributed by atoms with Gasteiger partial charge < -0.3 is 20.3 Å². The maximum absolute atomic E-state index is 12.3. The van der Waals surface area contributed by atoms with Gasteiger partial charge in [-0.1, -0.05) is 12.1 Å². The van der Waals surface area contributed by atoms with Crippen LogP contribution in [0, 0.1) is 0 Å². The van der Waals surface area contributed by atoms with Crippen LogP contribution in [0.2, 0.25) is 0 Å². The molecular formula is C14H20ClN3O3. The van der Waals surface area contributed by atoms with E-state index in [1.54, 1.807) is 19.1 Å². The number of para-hydroxylation sites is 2. The van der Waals surface area contributed by atoms with Crippen LogP contribution in [-0.2, 0) is 9.59 Å². The Kier molecular flexibility index (Phi) is 6.45. The molecule has 0 spiro atoms. The van der Waals surface area contributed by atoms with Gasteiger partial charge in [-0.25, -0.2) is 0 Å². The van der Waals surface area contributed by atoms with E-state index in [1.807, 2.05) is 24.3 Å².